The predicted molar refractivity (Wildman–Crippen MR) is 135 cm³/mol. The van der Waals surface area contributed by atoms with E-state index < -0.39 is 6.09 Å². The Morgan fingerprint density at radius 3 is 2.43 bits per heavy atom. The lowest BCUT2D eigenvalue weighted by Crippen LogP contribution is -2.15. The van der Waals surface area contributed by atoms with E-state index in [1.54, 1.807) is 45.6 Å². The Bertz CT molecular complexity index is 1240. The Balaban J connectivity index is 2.15. The lowest BCUT2D eigenvalue weighted by Gasteiger charge is -2.16. The predicted octanol–water partition coefficient (Wildman–Crippen LogP) is 4.81. The van der Waals surface area contributed by atoms with Crippen molar-refractivity contribution < 1.29 is 28.6 Å². The van der Waals surface area contributed by atoms with Gasteiger partial charge >= 0.3 is 6.09 Å². The van der Waals surface area contributed by atoms with Crippen LogP contribution in [-0.2, 0) is 11.2 Å². The topological polar surface area (TPSA) is 129 Å². The molecule has 1 aromatic heterocycles. The fourth-order valence-electron chi connectivity index (χ4n) is 3.33. The first-order valence-corrected chi connectivity index (χ1v) is 11.7. The maximum atomic E-state index is 11.5. The van der Waals surface area contributed by atoms with Crippen molar-refractivity contribution in [3.05, 3.63) is 53.4 Å². The van der Waals surface area contributed by atoms with Gasteiger partial charge in [0, 0.05) is 30.7 Å². The van der Waals surface area contributed by atoms with Crippen molar-refractivity contribution >= 4 is 34.3 Å². The van der Waals surface area contributed by atoms with Crippen LogP contribution in [-0.4, -0.2) is 66.3 Å². The number of amides is 1. The van der Waals surface area contributed by atoms with Crippen molar-refractivity contribution in [1.29, 1.82) is 0 Å². The molecule has 0 saturated heterocycles. The molecule has 35 heavy (non-hydrogen) atoms. The zero-order valence-electron chi connectivity index (χ0n) is 20.1. The van der Waals surface area contributed by atoms with Crippen LogP contribution < -0.4 is 9.47 Å². The molecule has 0 unspecified atom stereocenters. The molecule has 10 nitrogen and oxygen atoms in total. The van der Waals surface area contributed by atoms with Gasteiger partial charge in [0.05, 0.1) is 26.5 Å². The maximum absolute atomic E-state index is 11.5. The van der Waals surface area contributed by atoms with E-state index in [9.17, 15) is 9.90 Å². The van der Waals surface area contributed by atoms with Gasteiger partial charge in [-0.05, 0) is 49.1 Å². The number of hydrogen-bond acceptors (Lipinski definition) is 9. The Morgan fingerprint density at radius 2 is 1.89 bits per heavy atom. The third-order valence-corrected chi connectivity index (χ3v) is 5.56. The molecule has 0 bridgehead atoms. The number of methoxy groups -OCH3 is 3. The van der Waals surface area contributed by atoms with Crippen molar-refractivity contribution in [2.45, 2.75) is 13.3 Å². The summed E-state index contributed by atoms with van der Waals surface area (Å²) in [5.74, 6) is 2.01. The van der Waals surface area contributed by atoms with Crippen molar-refractivity contribution in [2.24, 2.45) is 9.98 Å². The molecule has 0 fully saturated rings. The molecule has 0 spiro atoms. The number of aromatic nitrogens is 2. The maximum Gasteiger partial charge on any atom is 0.432 e. The third-order valence-electron chi connectivity index (χ3n) is 4.89. The van der Waals surface area contributed by atoms with Crippen LogP contribution >= 0.6 is 11.8 Å². The van der Waals surface area contributed by atoms with Crippen LogP contribution in [0, 0.1) is 6.92 Å². The molecular weight excluding hydrogens is 472 g/mol. The number of nitrogens with zero attached hydrogens (tertiary/aromatic N) is 4. The Hall–Kier alpha value is -3.70. The highest BCUT2D eigenvalue weighted by Crippen LogP contribution is 2.34. The number of aryl methyl sites for hydroxylation is 1. The van der Waals surface area contributed by atoms with E-state index in [2.05, 4.69) is 15.1 Å². The number of ether oxygens (including phenoxy) is 3. The second kappa shape index (κ2) is 12.1. The molecule has 1 heterocycles. The highest BCUT2D eigenvalue weighted by molar-refractivity contribution is 8.15. The monoisotopic (exact) mass is 498 g/mol. The highest BCUT2D eigenvalue weighted by Gasteiger charge is 2.20. The Kier molecular flexibility index (Phi) is 8.98. The minimum absolute atomic E-state index is 0.236. The molecule has 0 aliphatic carbocycles. The molecule has 0 saturated carbocycles. The van der Waals surface area contributed by atoms with E-state index >= 15 is 0 Å². The van der Waals surface area contributed by atoms with E-state index in [0.29, 0.717) is 53.2 Å². The van der Waals surface area contributed by atoms with E-state index in [1.807, 2.05) is 18.2 Å². The molecule has 0 radical (unpaired) electrons. The number of thioether (sulfide) groups is 1. The number of carboxylic acid groups (broad SMARTS) is 1. The van der Waals surface area contributed by atoms with Crippen molar-refractivity contribution in [3.8, 4) is 22.9 Å². The van der Waals surface area contributed by atoms with Crippen LogP contribution in [0.3, 0.4) is 0 Å². The summed E-state index contributed by atoms with van der Waals surface area (Å²) >= 11 is 1.18. The number of carbonyl (C=O) groups is 1. The number of hydrogen-bond donors (Lipinski definition) is 1. The van der Waals surface area contributed by atoms with E-state index in [-0.39, 0.29) is 5.04 Å². The largest absolute Gasteiger partial charge is 0.493 e. The second-order valence-electron chi connectivity index (χ2n) is 7.16. The molecule has 2 aromatic carbocycles. The van der Waals surface area contributed by atoms with Crippen LogP contribution in [0.4, 0.5) is 10.5 Å². The van der Waals surface area contributed by atoms with Gasteiger partial charge in [-0.1, -0.05) is 5.16 Å². The SMILES string of the molecule is COCCc1cc(C(=Nc2ccc(-c3noc(C)n3)cc2)C(=NC(=O)O)SC)cc(OC)c1OC. The summed E-state index contributed by atoms with van der Waals surface area (Å²) in [7, 11) is 4.72. The number of rotatable bonds is 9. The quantitative estimate of drug-likeness (QED) is 0.326. The summed E-state index contributed by atoms with van der Waals surface area (Å²) in [6.45, 7) is 2.18. The lowest BCUT2D eigenvalue weighted by molar-refractivity contribution is 0.201. The summed E-state index contributed by atoms with van der Waals surface area (Å²) in [5.41, 5.74) is 3.18. The average Bonchev–Trinajstić information content (AvgIpc) is 3.30. The molecule has 11 heteroatoms. The van der Waals surface area contributed by atoms with Crippen molar-refractivity contribution in [3.63, 3.8) is 0 Å². The van der Waals surface area contributed by atoms with Gasteiger partial charge in [-0.15, -0.1) is 11.8 Å². The van der Waals surface area contributed by atoms with Gasteiger partial charge in [-0.2, -0.15) is 9.98 Å². The van der Waals surface area contributed by atoms with Crippen LogP contribution in [0.5, 0.6) is 11.5 Å². The molecule has 3 rings (SSSR count). The highest BCUT2D eigenvalue weighted by atomic mass is 32.2. The summed E-state index contributed by atoms with van der Waals surface area (Å²) in [6, 6.07) is 10.8. The van der Waals surface area contributed by atoms with Crippen LogP contribution in [0.2, 0.25) is 0 Å². The van der Waals surface area contributed by atoms with Gasteiger partial charge in [0.15, 0.2) is 11.5 Å². The normalized spacial score (nSPS) is 12.0. The van der Waals surface area contributed by atoms with Crippen molar-refractivity contribution in [2.75, 3.05) is 34.2 Å². The summed E-state index contributed by atoms with van der Waals surface area (Å²) < 4.78 is 21.4. The molecule has 0 aliphatic rings. The molecule has 1 N–H and O–H groups in total. The summed E-state index contributed by atoms with van der Waals surface area (Å²) in [4.78, 5) is 24.2. The van der Waals surface area contributed by atoms with E-state index in [4.69, 9.17) is 23.7 Å². The van der Waals surface area contributed by atoms with Crippen molar-refractivity contribution in [1.82, 2.24) is 10.1 Å². The summed E-state index contributed by atoms with van der Waals surface area (Å²) in [5, 5.41) is 13.5. The third kappa shape index (κ3) is 6.46. The zero-order valence-corrected chi connectivity index (χ0v) is 20.9. The van der Waals surface area contributed by atoms with E-state index in [1.165, 1.54) is 18.9 Å². The van der Waals surface area contributed by atoms with Gasteiger partial charge in [0.2, 0.25) is 11.7 Å². The van der Waals surface area contributed by atoms with Crippen LogP contribution in [0.15, 0.2) is 50.9 Å². The van der Waals surface area contributed by atoms with Gasteiger partial charge in [-0.3, -0.25) is 0 Å². The lowest BCUT2D eigenvalue weighted by atomic mass is 10.0. The van der Waals surface area contributed by atoms with Gasteiger partial charge in [0.1, 0.15) is 10.8 Å². The second-order valence-corrected chi connectivity index (χ2v) is 7.96. The zero-order chi connectivity index (χ0) is 25.4. The first-order chi connectivity index (χ1) is 16.9. The first kappa shape index (κ1) is 25.9. The molecule has 0 aliphatic heterocycles. The molecule has 184 valence electrons. The van der Waals surface area contributed by atoms with Gasteiger partial charge in [0.25, 0.3) is 0 Å². The number of benzene rings is 2. The molecule has 1 amide bonds. The Labute approximate surface area is 207 Å². The molecule has 0 atom stereocenters. The fourth-order valence-corrected chi connectivity index (χ4v) is 3.85. The number of aliphatic imine (C=N–C) groups is 2. The molecular formula is C24H26N4O6S. The van der Waals surface area contributed by atoms with Gasteiger partial charge in [-0.25, -0.2) is 9.79 Å². The molecule has 3 aromatic rings. The first-order valence-electron chi connectivity index (χ1n) is 10.5. The minimum Gasteiger partial charge on any atom is -0.493 e. The Morgan fingerprint density at radius 1 is 1.14 bits per heavy atom. The summed E-state index contributed by atoms with van der Waals surface area (Å²) in [6.07, 6.45) is 0.983. The smallest absolute Gasteiger partial charge is 0.432 e. The van der Waals surface area contributed by atoms with Gasteiger partial charge < -0.3 is 23.8 Å². The van der Waals surface area contributed by atoms with E-state index in [0.717, 1.165) is 11.1 Å². The minimum atomic E-state index is -1.31. The van der Waals surface area contributed by atoms with Crippen LogP contribution in [0.1, 0.15) is 17.0 Å². The standard InChI is InChI=1S/C24H26N4O6S/c1-14-25-22(28-34-14)15-6-8-18(9-7-15)26-20(23(35-5)27-24(29)30)17-12-16(10-11-31-2)21(33-4)19(13-17)32-3/h6-9,12-13H,10-11H2,1-5H3,(H,29,30). The van der Waals surface area contributed by atoms with Crippen LogP contribution in [0.25, 0.3) is 11.4 Å². The average molecular weight is 499 g/mol. The fraction of sp³-hybridized carbons (Fsp3) is 0.292.